The van der Waals surface area contributed by atoms with Crippen LogP contribution in [0.2, 0.25) is 5.02 Å². The van der Waals surface area contributed by atoms with Crippen molar-refractivity contribution in [3.05, 3.63) is 58.6 Å². The van der Waals surface area contributed by atoms with E-state index < -0.39 is 21.9 Å². The van der Waals surface area contributed by atoms with Gasteiger partial charge in [0.2, 0.25) is 10.0 Å². The van der Waals surface area contributed by atoms with Gasteiger partial charge in [-0.3, -0.25) is 4.79 Å². The molecule has 30 heavy (non-hydrogen) atoms. The molecule has 0 unspecified atom stereocenters. The van der Waals surface area contributed by atoms with Crippen LogP contribution in [-0.4, -0.2) is 44.3 Å². The summed E-state index contributed by atoms with van der Waals surface area (Å²) >= 11 is 6.16. The Balaban J connectivity index is 1.83. The molecule has 0 radical (unpaired) electrons. The summed E-state index contributed by atoms with van der Waals surface area (Å²) in [7, 11) is -3.79. The summed E-state index contributed by atoms with van der Waals surface area (Å²) in [5.74, 6) is -1.00. The molecule has 0 bridgehead atoms. The highest BCUT2D eigenvalue weighted by Crippen LogP contribution is 2.28. The quantitative estimate of drug-likeness (QED) is 0.673. The van der Waals surface area contributed by atoms with Gasteiger partial charge in [-0.05, 0) is 56.2 Å². The summed E-state index contributed by atoms with van der Waals surface area (Å²) in [6.07, 6.45) is 2.59. The van der Waals surface area contributed by atoms with Crippen molar-refractivity contribution in [1.82, 2.24) is 4.31 Å². The van der Waals surface area contributed by atoms with Gasteiger partial charge in [-0.15, -0.1) is 0 Å². The van der Waals surface area contributed by atoms with Crippen LogP contribution in [0.15, 0.2) is 47.4 Å². The van der Waals surface area contributed by atoms with E-state index in [1.807, 2.05) is 0 Å². The Kier molecular flexibility index (Phi) is 7.12. The monoisotopic (exact) mass is 450 g/mol. The third-order valence-corrected chi connectivity index (χ3v) is 7.14. The molecule has 1 amide bonds. The number of nitrogens with one attached hydrogen (secondary N) is 1. The van der Waals surface area contributed by atoms with Crippen LogP contribution in [0.3, 0.4) is 0 Å². The highest BCUT2D eigenvalue weighted by molar-refractivity contribution is 7.89. The first-order valence-corrected chi connectivity index (χ1v) is 11.5. The third-order valence-electron chi connectivity index (χ3n) is 4.76. The van der Waals surface area contributed by atoms with Gasteiger partial charge in [-0.2, -0.15) is 4.31 Å². The average molecular weight is 451 g/mol. The maximum Gasteiger partial charge on any atom is 0.338 e. The van der Waals surface area contributed by atoms with E-state index in [0.717, 1.165) is 19.3 Å². The van der Waals surface area contributed by atoms with E-state index in [-0.39, 0.29) is 22.1 Å². The van der Waals surface area contributed by atoms with E-state index >= 15 is 0 Å². The lowest BCUT2D eigenvalue weighted by molar-refractivity contribution is 0.0526. The van der Waals surface area contributed by atoms with Crippen LogP contribution in [0.5, 0.6) is 0 Å². The normalized spacial score (nSPS) is 14.9. The molecule has 0 aromatic heterocycles. The molecule has 1 N–H and O–H groups in total. The first-order valence-electron chi connectivity index (χ1n) is 9.71. The lowest BCUT2D eigenvalue weighted by atomic mass is 10.1. The second kappa shape index (κ2) is 9.59. The molecule has 160 valence electrons. The zero-order valence-corrected chi connectivity index (χ0v) is 18.1. The Morgan fingerprint density at radius 3 is 2.50 bits per heavy atom. The van der Waals surface area contributed by atoms with Crippen molar-refractivity contribution in [2.24, 2.45) is 0 Å². The minimum absolute atomic E-state index is 0.0708. The minimum atomic E-state index is -3.79. The molecule has 0 aliphatic carbocycles. The number of piperidine rings is 1. The molecule has 0 saturated carbocycles. The number of carbonyl (C=O) groups is 2. The van der Waals surface area contributed by atoms with Gasteiger partial charge >= 0.3 is 5.97 Å². The van der Waals surface area contributed by atoms with Gasteiger partial charge in [0.1, 0.15) is 4.90 Å². The summed E-state index contributed by atoms with van der Waals surface area (Å²) < 4.78 is 32.3. The van der Waals surface area contributed by atoms with Crippen LogP contribution in [0.1, 0.15) is 46.9 Å². The van der Waals surface area contributed by atoms with Crippen LogP contribution in [-0.2, 0) is 14.8 Å². The van der Waals surface area contributed by atoms with Gasteiger partial charge in [0, 0.05) is 24.3 Å². The Bertz CT molecular complexity index is 1050. The zero-order chi connectivity index (χ0) is 21.7. The molecule has 0 atom stereocenters. The van der Waals surface area contributed by atoms with E-state index in [2.05, 4.69) is 5.32 Å². The molecule has 7 nitrogen and oxygen atoms in total. The van der Waals surface area contributed by atoms with Crippen molar-refractivity contribution in [2.75, 3.05) is 25.0 Å². The number of carbonyl (C=O) groups excluding carboxylic acids is 2. The number of rotatable bonds is 6. The first kappa shape index (κ1) is 22.3. The molecular formula is C21H23ClN2O5S. The standard InChI is InChI=1S/C21H23ClN2O5S/c1-2-29-21(26)16-7-6-8-17(13-16)23-20(25)15-9-10-18(22)19(14-15)30(27,28)24-11-4-3-5-12-24/h6-10,13-14H,2-5,11-12H2,1H3,(H,23,25). The van der Waals surface area contributed by atoms with Crippen molar-refractivity contribution in [3.8, 4) is 0 Å². The van der Waals surface area contributed by atoms with Gasteiger partial charge in [0.05, 0.1) is 17.2 Å². The molecular weight excluding hydrogens is 428 g/mol. The van der Waals surface area contributed by atoms with E-state index in [1.165, 1.54) is 28.6 Å². The number of hydrogen-bond acceptors (Lipinski definition) is 5. The molecule has 0 spiro atoms. The van der Waals surface area contributed by atoms with Crippen LogP contribution < -0.4 is 5.32 Å². The van der Waals surface area contributed by atoms with E-state index in [4.69, 9.17) is 16.3 Å². The number of nitrogens with zero attached hydrogens (tertiary/aromatic N) is 1. The smallest absolute Gasteiger partial charge is 0.338 e. The molecule has 1 fully saturated rings. The number of hydrogen-bond donors (Lipinski definition) is 1. The maximum atomic E-state index is 13.0. The summed E-state index contributed by atoms with van der Waals surface area (Å²) in [5.41, 5.74) is 0.844. The van der Waals surface area contributed by atoms with Crippen molar-refractivity contribution in [2.45, 2.75) is 31.1 Å². The fraction of sp³-hybridized carbons (Fsp3) is 0.333. The highest BCUT2D eigenvalue weighted by Gasteiger charge is 2.28. The summed E-state index contributed by atoms with van der Waals surface area (Å²) in [6, 6.07) is 10.5. The molecule has 9 heteroatoms. The van der Waals surface area contributed by atoms with E-state index in [0.29, 0.717) is 24.3 Å². The predicted molar refractivity (Wildman–Crippen MR) is 114 cm³/mol. The third kappa shape index (κ3) is 5.00. The molecule has 1 heterocycles. The number of amides is 1. The van der Waals surface area contributed by atoms with Gasteiger partial charge < -0.3 is 10.1 Å². The van der Waals surface area contributed by atoms with Crippen molar-refractivity contribution >= 4 is 39.2 Å². The fourth-order valence-corrected chi connectivity index (χ4v) is 5.25. The SMILES string of the molecule is CCOC(=O)c1cccc(NC(=O)c2ccc(Cl)c(S(=O)(=O)N3CCCCC3)c2)c1. The van der Waals surface area contributed by atoms with Gasteiger partial charge in [-0.1, -0.05) is 24.1 Å². The average Bonchev–Trinajstić information content (AvgIpc) is 2.75. The molecule has 2 aromatic carbocycles. The first-order chi connectivity index (χ1) is 14.3. The van der Waals surface area contributed by atoms with Crippen molar-refractivity contribution < 1.29 is 22.7 Å². The summed E-state index contributed by atoms with van der Waals surface area (Å²) in [6.45, 7) is 2.83. The predicted octanol–water partition coefficient (Wildman–Crippen LogP) is 3.94. The Morgan fingerprint density at radius 1 is 1.07 bits per heavy atom. The molecule has 1 aliphatic heterocycles. The second-order valence-electron chi connectivity index (χ2n) is 6.87. The summed E-state index contributed by atoms with van der Waals surface area (Å²) in [5, 5.41) is 2.75. The van der Waals surface area contributed by atoms with Crippen LogP contribution in [0.25, 0.3) is 0 Å². The minimum Gasteiger partial charge on any atom is -0.462 e. The Labute approximate surface area is 181 Å². The Morgan fingerprint density at radius 2 is 1.80 bits per heavy atom. The number of esters is 1. The van der Waals surface area contributed by atoms with Crippen LogP contribution >= 0.6 is 11.6 Å². The highest BCUT2D eigenvalue weighted by atomic mass is 35.5. The molecule has 1 aliphatic rings. The lowest BCUT2D eigenvalue weighted by Gasteiger charge is -2.26. The number of sulfonamides is 1. The second-order valence-corrected chi connectivity index (χ2v) is 9.18. The van der Waals surface area contributed by atoms with Crippen molar-refractivity contribution in [3.63, 3.8) is 0 Å². The number of halogens is 1. The molecule has 2 aromatic rings. The lowest BCUT2D eigenvalue weighted by Crippen LogP contribution is -2.35. The van der Waals surface area contributed by atoms with Crippen LogP contribution in [0.4, 0.5) is 5.69 Å². The number of benzene rings is 2. The summed E-state index contributed by atoms with van der Waals surface area (Å²) in [4.78, 5) is 24.5. The largest absolute Gasteiger partial charge is 0.462 e. The van der Waals surface area contributed by atoms with E-state index in [1.54, 1.807) is 25.1 Å². The zero-order valence-electron chi connectivity index (χ0n) is 16.6. The number of ether oxygens (including phenoxy) is 1. The van der Waals surface area contributed by atoms with Crippen LogP contribution in [0, 0.1) is 0 Å². The van der Waals surface area contributed by atoms with Gasteiger partial charge in [-0.25, -0.2) is 13.2 Å². The van der Waals surface area contributed by atoms with Gasteiger partial charge in [0.25, 0.3) is 5.91 Å². The topological polar surface area (TPSA) is 92.8 Å². The van der Waals surface area contributed by atoms with Gasteiger partial charge in [0.15, 0.2) is 0 Å². The van der Waals surface area contributed by atoms with Crippen molar-refractivity contribution in [1.29, 1.82) is 0 Å². The Hall–Kier alpha value is -2.42. The maximum absolute atomic E-state index is 13.0. The van der Waals surface area contributed by atoms with E-state index in [9.17, 15) is 18.0 Å². The fourth-order valence-electron chi connectivity index (χ4n) is 3.23. The molecule has 1 saturated heterocycles. The molecule has 3 rings (SSSR count). The number of anilines is 1.